The molecule has 20 heavy (non-hydrogen) atoms. The van der Waals surface area contributed by atoms with Crippen LogP contribution in [-0.2, 0) is 11.3 Å². The van der Waals surface area contributed by atoms with Gasteiger partial charge in [-0.25, -0.2) is 9.97 Å². The predicted molar refractivity (Wildman–Crippen MR) is 83.9 cm³/mol. The second-order valence-corrected chi connectivity index (χ2v) is 5.29. The quantitative estimate of drug-likeness (QED) is 0.875. The number of benzene rings is 1. The Labute approximate surface area is 126 Å². The van der Waals surface area contributed by atoms with Crippen molar-refractivity contribution in [2.45, 2.75) is 20.5 Å². The predicted octanol–water partition coefficient (Wildman–Crippen LogP) is 3.41. The lowest BCUT2D eigenvalue weighted by molar-refractivity contribution is 0.128. The van der Waals surface area contributed by atoms with E-state index in [2.05, 4.69) is 31.2 Å². The Hall–Kier alpha value is -1.66. The summed E-state index contributed by atoms with van der Waals surface area (Å²) in [6, 6.07) is 7.75. The van der Waals surface area contributed by atoms with Gasteiger partial charge in [0.15, 0.2) is 5.82 Å². The van der Waals surface area contributed by atoms with Gasteiger partial charge in [0.2, 0.25) is 0 Å². The third kappa shape index (κ3) is 4.18. The Kier molecular flexibility index (Phi) is 4.92. The highest BCUT2D eigenvalue weighted by atomic mass is 79.9. The fourth-order valence-corrected chi connectivity index (χ4v) is 2.40. The van der Waals surface area contributed by atoms with Crippen molar-refractivity contribution in [2.75, 3.05) is 17.7 Å². The lowest BCUT2D eigenvalue weighted by Gasteiger charge is -2.09. The molecule has 0 aliphatic carbocycles. The number of ether oxygens (including phenoxy) is 1. The van der Waals surface area contributed by atoms with Crippen LogP contribution in [0.5, 0.6) is 0 Å². The molecule has 0 fully saturated rings. The van der Waals surface area contributed by atoms with Gasteiger partial charge in [-0.3, -0.25) is 0 Å². The van der Waals surface area contributed by atoms with E-state index in [-0.39, 0.29) is 0 Å². The van der Waals surface area contributed by atoms with E-state index in [4.69, 9.17) is 10.5 Å². The molecule has 1 aromatic carbocycles. The number of halogens is 1. The maximum absolute atomic E-state index is 5.79. The molecule has 1 heterocycles. The summed E-state index contributed by atoms with van der Waals surface area (Å²) in [6.45, 7) is 4.93. The van der Waals surface area contributed by atoms with Crippen LogP contribution < -0.4 is 11.1 Å². The largest absolute Gasteiger partial charge is 0.384 e. The average Bonchev–Trinajstić information content (AvgIpc) is 2.34. The zero-order valence-electron chi connectivity index (χ0n) is 11.5. The van der Waals surface area contributed by atoms with Crippen molar-refractivity contribution < 1.29 is 4.74 Å². The lowest BCUT2D eigenvalue weighted by atomic mass is 10.2. The minimum atomic E-state index is 0.355. The lowest BCUT2D eigenvalue weighted by Crippen LogP contribution is -2.05. The summed E-state index contributed by atoms with van der Waals surface area (Å²) in [6.07, 6.45) is 0. The zero-order chi connectivity index (χ0) is 14.5. The molecule has 2 aromatic rings. The van der Waals surface area contributed by atoms with Gasteiger partial charge in [0.05, 0.1) is 0 Å². The van der Waals surface area contributed by atoms with Gasteiger partial charge in [0.1, 0.15) is 18.2 Å². The minimum Gasteiger partial charge on any atom is -0.384 e. The molecule has 0 saturated carbocycles. The molecular weight excluding hydrogens is 320 g/mol. The standard InChI is InChI=1S/C14H17BrN4O/c1-3-20-8-14-18-12(16)7-13(19-14)17-11-5-9(2)4-10(15)6-11/h4-7H,3,8H2,1-2H3,(H3,16,17,18,19). The van der Waals surface area contributed by atoms with Crippen LogP contribution in [-0.4, -0.2) is 16.6 Å². The monoisotopic (exact) mass is 336 g/mol. The van der Waals surface area contributed by atoms with Gasteiger partial charge in [-0.1, -0.05) is 15.9 Å². The van der Waals surface area contributed by atoms with Crippen molar-refractivity contribution in [1.29, 1.82) is 0 Å². The number of hydrogen-bond donors (Lipinski definition) is 2. The maximum Gasteiger partial charge on any atom is 0.158 e. The van der Waals surface area contributed by atoms with E-state index < -0.39 is 0 Å². The van der Waals surface area contributed by atoms with Crippen LogP contribution in [0, 0.1) is 6.92 Å². The van der Waals surface area contributed by atoms with Crippen LogP contribution in [0.15, 0.2) is 28.7 Å². The molecule has 106 valence electrons. The Balaban J connectivity index is 2.21. The topological polar surface area (TPSA) is 73.1 Å². The first-order chi connectivity index (χ1) is 9.56. The molecule has 3 N–H and O–H groups in total. The van der Waals surface area contributed by atoms with Crippen molar-refractivity contribution >= 4 is 33.3 Å². The summed E-state index contributed by atoms with van der Waals surface area (Å²) in [5, 5.41) is 3.23. The number of aromatic nitrogens is 2. The van der Waals surface area contributed by atoms with E-state index in [1.807, 2.05) is 32.0 Å². The molecule has 0 radical (unpaired) electrons. The molecule has 0 spiro atoms. The molecule has 1 aromatic heterocycles. The molecule has 0 aliphatic rings. The summed E-state index contributed by atoms with van der Waals surface area (Å²) < 4.78 is 6.31. The highest BCUT2D eigenvalue weighted by molar-refractivity contribution is 9.10. The van der Waals surface area contributed by atoms with E-state index in [0.717, 1.165) is 15.7 Å². The van der Waals surface area contributed by atoms with Crippen molar-refractivity contribution in [3.05, 3.63) is 40.1 Å². The summed E-state index contributed by atoms with van der Waals surface area (Å²) in [7, 11) is 0. The normalized spacial score (nSPS) is 10.6. The van der Waals surface area contributed by atoms with Gasteiger partial charge in [-0.2, -0.15) is 0 Å². The summed E-state index contributed by atoms with van der Waals surface area (Å²) in [5.41, 5.74) is 7.88. The number of aryl methyl sites for hydroxylation is 1. The molecule has 6 heteroatoms. The van der Waals surface area contributed by atoms with Crippen LogP contribution in [0.3, 0.4) is 0 Å². The van der Waals surface area contributed by atoms with Crippen LogP contribution in [0.4, 0.5) is 17.3 Å². The van der Waals surface area contributed by atoms with Gasteiger partial charge in [0.25, 0.3) is 0 Å². The molecule has 0 aliphatic heterocycles. The van der Waals surface area contributed by atoms with Gasteiger partial charge in [0, 0.05) is 22.8 Å². The van der Waals surface area contributed by atoms with Crippen molar-refractivity contribution in [1.82, 2.24) is 9.97 Å². The van der Waals surface area contributed by atoms with E-state index >= 15 is 0 Å². The number of rotatable bonds is 5. The Morgan fingerprint density at radius 3 is 2.75 bits per heavy atom. The Morgan fingerprint density at radius 1 is 1.25 bits per heavy atom. The van der Waals surface area contributed by atoms with Crippen molar-refractivity contribution in [3.63, 3.8) is 0 Å². The smallest absolute Gasteiger partial charge is 0.158 e. The fraction of sp³-hybridized carbons (Fsp3) is 0.286. The SMILES string of the molecule is CCOCc1nc(N)cc(Nc2cc(C)cc(Br)c2)n1. The Bertz CT molecular complexity index is 583. The van der Waals surface area contributed by atoms with Gasteiger partial charge >= 0.3 is 0 Å². The molecule has 0 unspecified atom stereocenters. The third-order valence-electron chi connectivity index (χ3n) is 2.54. The third-order valence-corrected chi connectivity index (χ3v) is 3.00. The summed E-state index contributed by atoms with van der Waals surface area (Å²) in [4.78, 5) is 8.52. The van der Waals surface area contributed by atoms with Gasteiger partial charge in [-0.15, -0.1) is 0 Å². The van der Waals surface area contributed by atoms with Crippen LogP contribution in [0.1, 0.15) is 18.3 Å². The molecule has 0 saturated heterocycles. The molecule has 5 nitrogen and oxygen atoms in total. The van der Waals surface area contributed by atoms with Gasteiger partial charge < -0.3 is 15.8 Å². The first-order valence-corrected chi connectivity index (χ1v) is 7.11. The van der Waals surface area contributed by atoms with E-state index in [1.54, 1.807) is 6.07 Å². The van der Waals surface area contributed by atoms with Crippen molar-refractivity contribution in [2.24, 2.45) is 0 Å². The summed E-state index contributed by atoms with van der Waals surface area (Å²) >= 11 is 3.47. The molecule has 0 bridgehead atoms. The van der Waals surface area contributed by atoms with E-state index in [1.165, 1.54) is 0 Å². The van der Waals surface area contributed by atoms with Crippen molar-refractivity contribution in [3.8, 4) is 0 Å². The van der Waals surface area contributed by atoms with Crippen LogP contribution in [0.2, 0.25) is 0 Å². The Morgan fingerprint density at radius 2 is 2.05 bits per heavy atom. The number of nitrogens with two attached hydrogens (primary N) is 1. The van der Waals surface area contributed by atoms with E-state index in [9.17, 15) is 0 Å². The number of hydrogen-bond acceptors (Lipinski definition) is 5. The van der Waals surface area contributed by atoms with Crippen LogP contribution in [0.25, 0.3) is 0 Å². The average molecular weight is 337 g/mol. The number of nitrogen functional groups attached to an aromatic ring is 1. The first-order valence-electron chi connectivity index (χ1n) is 6.32. The molecule has 2 rings (SSSR count). The number of anilines is 3. The van der Waals surface area contributed by atoms with Crippen LogP contribution >= 0.6 is 15.9 Å². The zero-order valence-corrected chi connectivity index (χ0v) is 13.1. The second-order valence-electron chi connectivity index (χ2n) is 4.37. The van der Waals surface area contributed by atoms with Gasteiger partial charge in [-0.05, 0) is 37.6 Å². The number of nitrogens with zero attached hydrogens (tertiary/aromatic N) is 2. The highest BCUT2D eigenvalue weighted by Crippen LogP contribution is 2.22. The van der Waals surface area contributed by atoms with E-state index in [0.29, 0.717) is 30.7 Å². The second kappa shape index (κ2) is 6.67. The molecule has 0 atom stereocenters. The summed E-state index contributed by atoms with van der Waals surface area (Å²) in [5.74, 6) is 1.65. The minimum absolute atomic E-state index is 0.355. The maximum atomic E-state index is 5.79. The first kappa shape index (κ1) is 14.7. The molecule has 0 amide bonds. The highest BCUT2D eigenvalue weighted by Gasteiger charge is 2.04. The molecular formula is C14H17BrN4O. The number of nitrogens with one attached hydrogen (secondary N) is 1. The fourth-order valence-electron chi connectivity index (χ4n) is 1.80.